The van der Waals surface area contributed by atoms with Crippen LogP contribution in [0.5, 0.6) is 0 Å². The Bertz CT molecular complexity index is 1120. The summed E-state index contributed by atoms with van der Waals surface area (Å²) >= 11 is 0. The second-order valence-corrected chi connectivity index (χ2v) is 9.79. The van der Waals surface area contributed by atoms with E-state index in [-0.39, 0.29) is 24.1 Å². The van der Waals surface area contributed by atoms with Gasteiger partial charge in [-0.05, 0) is 86.0 Å². The molecule has 0 bridgehead atoms. The number of carbonyl (C=O) groups excluding carboxylic acids is 3. The molecule has 172 valence electrons. The van der Waals surface area contributed by atoms with E-state index in [1.807, 2.05) is 6.07 Å². The maximum atomic E-state index is 12.9. The molecule has 2 aromatic carbocycles. The van der Waals surface area contributed by atoms with Gasteiger partial charge in [-0.3, -0.25) is 24.6 Å². The summed E-state index contributed by atoms with van der Waals surface area (Å²) in [4.78, 5) is 40.8. The van der Waals surface area contributed by atoms with Gasteiger partial charge in [0.15, 0.2) is 0 Å². The van der Waals surface area contributed by atoms with E-state index < -0.39 is 6.04 Å². The fourth-order valence-corrected chi connectivity index (χ4v) is 5.43. The van der Waals surface area contributed by atoms with E-state index in [0.717, 1.165) is 38.0 Å². The van der Waals surface area contributed by atoms with Gasteiger partial charge in [-0.25, -0.2) is 0 Å². The van der Waals surface area contributed by atoms with E-state index in [1.165, 1.54) is 22.3 Å². The van der Waals surface area contributed by atoms with Gasteiger partial charge in [-0.15, -0.1) is 0 Å². The van der Waals surface area contributed by atoms with Crippen LogP contribution in [-0.2, 0) is 22.7 Å². The highest BCUT2D eigenvalue weighted by Gasteiger charge is 2.39. The number of piperidine rings is 2. The number of hydrogen-bond donors (Lipinski definition) is 1. The van der Waals surface area contributed by atoms with Crippen molar-refractivity contribution in [3.05, 3.63) is 69.8 Å². The molecule has 0 saturated carbocycles. The van der Waals surface area contributed by atoms with E-state index in [4.69, 9.17) is 0 Å². The van der Waals surface area contributed by atoms with Crippen molar-refractivity contribution in [1.29, 1.82) is 0 Å². The molecule has 6 nitrogen and oxygen atoms in total. The first-order valence-corrected chi connectivity index (χ1v) is 11.9. The Morgan fingerprint density at radius 1 is 0.939 bits per heavy atom. The van der Waals surface area contributed by atoms with Crippen LogP contribution in [0.4, 0.5) is 0 Å². The van der Waals surface area contributed by atoms with Crippen molar-refractivity contribution in [3.8, 4) is 0 Å². The monoisotopic (exact) mass is 445 g/mol. The highest BCUT2D eigenvalue weighted by atomic mass is 16.2. The zero-order valence-corrected chi connectivity index (χ0v) is 19.4. The number of likely N-dealkylation sites (tertiary alicyclic amines) is 1. The molecule has 5 rings (SSSR count). The molecule has 3 aliphatic heterocycles. The summed E-state index contributed by atoms with van der Waals surface area (Å²) in [6.45, 7) is 7.89. The molecular formula is C27H31N3O3. The van der Waals surface area contributed by atoms with Crippen molar-refractivity contribution in [3.63, 3.8) is 0 Å². The van der Waals surface area contributed by atoms with Gasteiger partial charge in [-0.1, -0.05) is 30.3 Å². The minimum atomic E-state index is -0.556. The number of nitrogens with zero attached hydrogens (tertiary/aromatic N) is 2. The van der Waals surface area contributed by atoms with Gasteiger partial charge in [-0.2, -0.15) is 0 Å². The maximum Gasteiger partial charge on any atom is 0.255 e. The average Bonchev–Trinajstić information content (AvgIpc) is 3.12. The number of benzene rings is 2. The zero-order valence-electron chi connectivity index (χ0n) is 19.4. The number of fused-ring (bicyclic) bond motifs is 1. The Morgan fingerprint density at radius 2 is 1.73 bits per heavy atom. The predicted molar refractivity (Wildman–Crippen MR) is 126 cm³/mol. The van der Waals surface area contributed by atoms with Gasteiger partial charge >= 0.3 is 0 Å². The first-order chi connectivity index (χ1) is 15.9. The molecule has 2 fully saturated rings. The van der Waals surface area contributed by atoms with Crippen molar-refractivity contribution < 1.29 is 14.4 Å². The highest BCUT2D eigenvalue weighted by molar-refractivity contribution is 6.05. The largest absolute Gasteiger partial charge is 0.322 e. The Morgan fingerprint density at radius 3 is 2.45 bits per heavy atom. The van der Waals surface area contributed by atoms with E-state index in [1.54, 1.807) is 4.90 Å². The summed E-state index contributed by atoms with van der Waals surface area (Å²) in [6.07, 6.45) is 2.89. The summed E-state index contributed by atoms with van der Waals surface area (Å²) < 4.78 is 0. The normalized spacial score (nSPS) is 21.9. The first-order valence-electron chi connectivity index (χ1n) is 11.9. The van der Waals surface area contributed by atoms with Crippen LogP contribution >= 0.6 is 0 Å². The zero-order chi connectivity index (χ0) is 23.1. The number of imide groups is 1. The molecule has 0 aromatic heterocycles. The minimum Gasteiger partial charge on any atom is -0.322 e. The van der Waals surface area contributed by atoms with Gasteiger partial charge in [0.05, 0.1) is 0 Å². The molecule has 1 unspecified atom stereocenters. The standard InChI is InChI=1S/C27H31N3O3/c1-17-3-4-19(13-18(17)2)15-29-11-9-20(10-12-29)21-5-6-23-22(14-21)16-30(27(23)33)24-7-8-25(31)28-26(24)32/h3-6,13-14,20,24H,7-12,15-16H2,1-2H3,(H,28,31,32). The summed E-state index contributed by atoms with van der Waals surface area (Å²) in [7, 11) is 0. The van der Waals surface area contributed by atoms with Gasteiger partial charge in [0.25, 0.3) is 5.91 Å². The molecule has 6 heteroatoms. The number of carbonyl (C=O) groups is 3. The van der Waals surface area contributed by atoms with E-state index >= 15 is 0 Å². The van der Waals surface area contributed by atoms with Crippen molar-refractivity contribution >= 4 is 17.7 Å². The lowest BCUT2D eigenvalue weighted by molar-refractivity contribution is -0.136. The number of nitrogens with one attached hydrogen (secondary N) is 1. The fraction of sp³-hybridized carbons (Fsp3) is 0.444. The molecule has 0 aliphatic carbocycles. The smallest absolute Gasteiger partial charge is 0.255 e. The Labute approximate surface area is 194 Å². The van der Waals surface area contributed by atoms with Crippen LogP contribution in [-0.4, -0.2) is 46.7 Å². The molecule has 3 aliphatic rings. The third-order valence-corrected chi connectivity index (χ3v) is 7.58. The van der Waals surface area contributed by atoms with Crippen LogP contribution in [0.3, 0.4) is 0 Å². The van der Waals surface area contributed by atoms with Crippen LogP contribution in [0.1, 0.15) is 69.8 Å². The number of rotatable bonds is 4. The van der Waals surface area contributed by atoms with Crippen LogP contribution < -0.4 is 5.32 Å². The molecule has 33 heavy (non-hydrogen) atoms. The molecule has 3 amide bonds. The SMILES string of the molecule is Cc1ccc(CN2CCC(c3ccc4c(c3)CN(C3CCC(=O)NC3=O)C4=O)CC2)cc1C. The van der Waals surface area contributed by atoms with Crippen molar-refractivity contribution in [2.45, 2.75) is 64.6 Å². The highest BCUT2D eigenvalue weighted by Crippen LogP contribution is 2.34. The van der Waals surface area contributed by atoms with Crippen molar-refractivity contribution in [2.24, 2.45) is 0 Å². The average molecular weight is 446 g/mol. The minimum absolute atomic E-state index is 0.103. The molecule has 0 spiro atoms. The second-order valence-electron chi connectivity index (χ2n) is 9.79. The van der Waals surface area contributed by atoms with Crippen LogP contribution in [0.25, 0.3) is 0 Å². The second kappa shape index (κ2) is 8.75. The quantitative estimate of drug-likeness (QED) is 0.732. The maximum absolute atomic E-state index is 12.9. The lowest BCUT2D eigenvalue weighted by Gasteiger charge is -2.32. The van der Waals surface area contributed by atoms with Gasteiger partial charge in [0.1, 0.15) is 6.04 Å². The van der Waals surface area contributed by atoms with Gasteiger partial charge < -0.3 is 4.90 Å². The van der Waals surface area contributed by atoms with Gasteiger partial charge in [0, 0.05) is 25.1 Å². The predicted octanol–water partition coefficient (Wildman–Crippen LogP) is 3.44. The van der Waals surface area contributed by atoms with Gasteiger partial charge in [0.2, 0.25) is 11.8 Å². The molecule has 1 N–H and O–H groups in total. The van der Waals surface area contributed by atoms with Crippen LogP contribution in [0.15, 0.2) is 36.4 Å². The number of hydrogen-bond acceptors (Lipinski definition) is 4. The topological polar surface area (TPSA) is 69.7 Å². The summed E-state index contributed by atoms with van der Waals surface area (Å²) in [5, 5.41) is 2.37. The summed E-state index contributed by atoms with van der Waals surface area (Å²) in [5.41, 5.74) is 7.04. The molecule has 2 saturated heterocycles. The third-order valence-electron chi connectivity index (χ3n) is 7.58. The lowest BCUT2D eigenvalue weighted by Crippen LogP contribution is -2.52. The van der Waals surface area contributed by atoms with E-state index in [2.05, 4.69) is 54.4 Å². The number of aryl methyl sites for hydroxylation is 2. The van der Waals surface area contributed by atoms with Crippen molar-refractivity contribution in [1.82, 2.24) is 15.1 Å². The number of amides is 3. The molecular weight excluding hydrogens is 414 g/mol. The fourth-order valence-electron chi connectivity index (χ4n) is 5.43. The van der Waals surface area contributed by atoms with E-state index in [9.17, 15) is 14.4 Å². The molecule has 1 atom stereocenters. The summed E-state index contributed by atoms with van der Waals surface area (Å²) in [5.74, 6) is -0.226. The molecule has 3 heterocycles. The Balaban J connectivity index is 1.22. The molecule has 2 aromatic rings. The third kappa shape index (κ3) is 4.32. The summed E-state index contributed by atoms with van der Waals surface area (Å²) in [6, 6.07) is 12.4. The Hall–Kier alpha value is -2.99. The molecule has 0 radical (unpaired) electrons. The first kappa shape index (κ1) is 21.8. The van der Waals surface area contributed by atoms with Crippen LogP contribution in [0.2, 0.25) is 0 Å². The van der Waals surface area contributed by atoms with Crippen LogP contribution in [0, 0.1) is 13.8 Å². The lowest BCUT2D eigenvalue weighted by atomic mass is 9.87. The van der Waals surface area contributed by atoms with Crippen molar-refractivity contribution in [2.75, 3.05) is 13.1 Å². The van der Waals surface area contributed by atoms with E-state index in [0.29, 0.717) is 24.4 Å². The Kier molecular flexibility index (Phi) is 5.79.